The first-order chi connectivity index (χ1) is 8.71. The van der Waals surface area contributed by atoms with Crippen LogP contribution in [0, 0.1) is 0 Å². The Morgan fingerprint density at radius 3 is 2.53 bits per heavy atom. The van der Waals surface area contributed by atoms with E-state index in [-0.39, 0.29) is 6.54 Å². The number of halogens is 3. The van der Waals surface area contributed by atoms with Crippen molar-refractivity contribution in [1.82, 2.24) is 19.9 Å². The van der Waals surface area contributed by atoms with E-state index in [4.69, 9.17) is 5.73 Å². The monoisotopic (exact) mass is 279 g/mol. The number of hydrogen-bond acceptors (Lipinski definition) is 4. The number of aromatic nitrogens is 3. The number of hydrogen-bond donors (Lipinski definition) is 1. The van der Waals surface area contributed by atoms with Crippen LogP contribution >= 0.6 is 0 Å². The lowest BCUT2D eigenvalue weighted by molar-refractivity contribution is -0.145. The number of rotatable bonds is 6. The minimum absolute atomic E-state index is 0.0821. The molecule has 19 heavy (non-hydrogen) atoms. The average Bonchev–Trinajstić information content (AvgIpc) is 2.58. The Morgan fingerprint density at radius 1 is 1.42 bits per heavy atom. The Bertz CT molecular complexity index is 441. The van der Waals surface area contributed by atoms with Crippen LogP contribution in [0.5, 0.6) is 0 Å². The normalized spacial score (nSPS) is 12.1. The van der Waals surface area contributed by atoms with E-state index < -0.39 is 29.9 Å². The molecule has 1 rings (SSSR count). The highest BCUT2D eigenvalue weighted by atomic mass is 19.4. The molecule has 0 fully saturated rings. The number of carbonyl (C=O) groups excluding carboxylic acids is 1. The van der Waals surface area contributed by atoms with Gasteiger partial charge in [0.25, 0.3) is 0 Å². The van der Waals surface area contributed by atoms with Crippen molar-refractivity contribution in [3.8, 4) is 0 Å². The van der Waals surface area contributed by atoms with E-state index in [0.717, 1.165) is 4.68 Å². The van der Waals surface area contributed by atoms with Crippen molar-refractivity contribution < 1.29 is 18.0 Å². The van der Waals surface area contributed by atoms with Crippen molar-refractivity contribution in [3.05, 3.63) is 11.4 Å². The van der Waals surface area contributed by atoms with Gasteiger partial charge in [0.15, 0.2) is 5.69 Å². The first-order valence-electron chi connectivity index (χ1n) is 5.64. The maximum absolute atomic E-state index is 12.9. The molecule has 1 heterocycles. The van der Waals surface area contributed by atoms with Crippen molar-refractivity contribution in [2.45, 2.75) is 25.6 Å². The Kier molecular flexibility index (Phi) is 4.87. The maximum atomic E-state index is 12.9. The Labute approximate surface area is 108 Å². The van der Waals surface area contributed by atoms with Gasteiger partial charge in [-0.2, -0.15) is 13.2 Å². The van der Waals surface area contributed by atoms with Gasteiger partial charge in [-0.25, -0.2) is 4.68 Å². The van der Waals surface area contributed by atoms with Gasteiger partial charge in [0.05, 0.1) is 6.42 Å². The highest BCUT2D eigenvalue weighted by molar-refractivity contribution is 5.76. The van der Waals surface area contributed by atoms with E-state index in [9.17, 15) is 18.0 Å². The van der Waals surface area contributed by atoms with Gasteiger partial charge < -0.3 is 10.6 Å². The summed E-state index contributed by atoms with van der Waals surface area (Å²) in [6.45, 7) is 0.709. The lowest BCUT2D eigenvalue weighted by Gasteiger charge is -2.12. The molecule has 0 atom stereocenters. The zero-order chi connectivity index (χ0) is 14.6. The van der Waals surface area contributed by atoms with E-state index in [0.29, 0.717) is 13.0 Å². The molecule has 0 aliphatic carbocycles. The van der Waals surface area contributed by atoms with Crippen molar-refractivity contribution in [1.29, 1.82) is 0 Å². The van der Waals surface area contributed by atoms with Gasteiger partial charge in [0, 0.05) is 6.54 Å². The lowest BCUT2D eigenvalue weighted by atomic mass is 10.2. The third-order valence-corrected chi connectivity index (χ3v) is 2.39. The smallest absolute Gasteiger partial charge is 0.369 e. The number of nitrogens with two attached hydrogens (primary N) is 1. The van der Waals surface area contributed by atoms with Crippen LogP contribution in [-0.4, -0.2) is 46.4 Å². The third kappa shape index (κ3) is 4.51. The standard InChI is InChI=1S/C10H16F3N5O/c1-17(2)4-3-5-18-9(10(11,12)13)7(15-16-18)6-8(14)19/h3-6H2,1-2H3,(H2,14,19). The van der Waals surface area contributed by atoms with E-state index in [1.807, 2.05) is 19.0 Å². The molecule has 0 spiro atoms. The number of carbonyl (C=O) groups is 1. The molecule has 6 nitrogen and oxygen atoms in total. The summed E-state index contributed by atoms with van der Waals surface area (Å²) >= 11 is 0. The van der Waals surface area contributed by atoms with Gasteiger partial charge in [0.1, 0.15) is 5.69 Å². The molecule has 0 unspecified atom stereocenters. The van der Waals surface area contributed by atoms with Crippen LogP contribution in [-0.2, 0) is 23.9 Å². The number of amides is 1. The summed E-state index contributed by atoms with van der Waals surface area (Å²) in [5.74, 6) is -0.870. The summed E-state index contributed by atoms with van der Waals surface area (Å²) in [5, 5.41) is 6.85. The van der Waals surface area contributed by atoms with Crippen LogP contribution in [0.15, 0.2) is 0 Å². The lowest BCUT2D eigenvalue weighted by Crippen LogP contribution is -2.22. The fourth-order valence-corrected chi connectivity index (χ4v) is 1.64. The molecule has 0 radical (unpaired) electrons. The highest BCUT2D eigenvalue weighted by Crippen LogP contribution is 2.31. The van der Waals surface area contributed by atoms with Crippen molar-refractivity contribution in [3.63, 3.8) is 0 Å². The van der Waals surface area contributed by atoms with Crippen molar-refractivity contribution in [2.24, 2.45) is 5.73 Å². The predicted molar refractivity (Wildman–Crippen MR) is 61.1 cm³/mol. The molecule has 0 saturated heterocycles. The first kappa shape index (κ1) is 15.4. The van der Waals surface area contributed by atoms with Gasteiger partial charge in [-0.05, 0) is 27.1 Å². The van der Waals surface area contributed by atoms with Gasteiger partial charge in [-0.3, -0.25) is 4.79 Å². The van der Waals surface area contributed by atoms with Crippen LogP contribution in [0.2, 0.25) is 0 Å². The molecule has 108 valence electrons. The molecular formula is C10H16F3N5O. The minimum Gasteiger partial charge on any atom is -0.369 e. The minimum atomic E-state index is -4.60. The number of nitrogens with zero attached hydrogens (tertiary/aromatic N) is 4. The quantitative estimate of drug-likeness (QED) is 0.811. The average molecular weight is 279 g/mol. The van der Waals surface area contributed by atoms with E-state index in [1.54, 1.807) is 0 Å². The third-order valence-electron chi connectivity index (χ3n) is 2.39. The summed E-state index contributed by atoms with van der Waals surface area (Å²) in [6.07, 6.45) is -4.68. The molecule has 1 aromatic heterocycles. The fourth-order valence-electron chi connectivity index (χ4n) is 1.64. The molecule has 9 heteroatoms. The predicted octanol–water partition coefficient (Wildman–Crippen LogP) is 0.276. The van der Waals surface area contributed by atoms with Crippen molar-refractivity contribution >= 4 is 5.91 Å². The number of aryl methyl sites for hydroxylation is 1. The largest absolute Gasteiger partial charge is 0.434 e. The number of primary amides is 1. The van der Waals surface area contributed by atoms with Crippen LogP contribution in [0.1, 0.15) is 17.8 Å². The second-order valence-electron chi connectivity index (χ2n) is 4.41. The Morgan fingerprint density at radius 2 is 2.05 bits per heavy atom. The maximum Gasteiger partial charge on any atom is 0.434 e. The molecule has 0 saturated carbocycles. The van der Waals surface area contributed by atoms with Crippen molar-refractivity contribution in [2.75, 3.05) is 20.6 Å². The zero-order valence-corrected chi connectivity index (χ0v) is 10.7. The van der Waals surface area contributed by atoms with E-state index in [2.05, 4.69) is 10.3 Å². The van der Waals surface area contributed by atoms with Crippen LogP contribution in [0.25, 0.3) is 0 Å². The SMILES string of the molecule is CN(C)CCCn1nnc(CC(N)=O)c1C(F)(F)F. The molecule has 2 N–H and O–H groups in total. The molecule has 1 aromatic rings. The van der Waals surface area contributed by atoms with Gasteiger partial charge in [-0.1, -0.05) is 5.21 Å². The molecular weight excluding hydrogens is 263 g/mol. The summed E-state index contributed by atoms with van der Waals surface area (Å²) in [7, 11) is 3.65. The molecule has 0 aliphatic rings. The van der Waals surface area contributed by atoms with E-state index in [1.165, 1.54) is 0 Å². The second-order valence-corrected chi connectivity index (χ2v) is 4.41. The van der Waals surface area contributed by atoms with Gasteiger partial charge in [-0.15, -0.1) is 5.10 Å². The number of alkyl halides is 3. The summed E-state index contributed by atoms with van der Waals surface area (Å²) in [4.78, 5) is 12.6. The topological polar surface area (TPSA) is 77.0 Å². The van der Waals surface area contributed by atoms with Crippen LogP contribution < -0.4 is 5.73 Å². The summed E-state index contributed by atoms with van der Waals surface area (Å²) < 4.78 is 39.5. The Balaban J connectivity index is 2.92. The Hall–Kier alpha value is -1.64. The second kappa shape index (κ2) is 6.00. The van der Waals surface area contributed by atoms with Gasteiger partial charge in [0.2, 0.25) is 5.91 Å². The fraction of sp³-hybridized carbons (Fsp3) is 0.700. The molecule has 0 aliphatic heterocycles. The molecule has 1 amide bonds. The molecule has 0 aromatic carbocycles. The summed E-state index contributed by atoms with van der Waals surface area (Å²) in [5.41, 5.74) is 3.47. The van der Waals surface area contributed by atoms with Gasteiger partial charge >= 0.3 is 6.18 Å². The van der Waals surface area contributed by atoms with E-state index >= 15 is 0 Å². The summed E-state index contributed by atoms with van der Waals surface area (Å²) in [6, 6.07) is 0. The van der Waals surface area contributed by atoms with Crippen LogP contribution in [0.3, 0.4) is 0 Å². The van der Waals surface area contributed by atoms with Crippen LogP contribution in [0.4, 0.5) is 13.2 Å². The highest BCUT2D eigenvalue weighted by Gasteiger charge is 2.39. The zero-order valence-electron chi connectivity index (χ0n) is 10.7. The molecule has 0 bridgehead atoms. The first-order valence-corrected chi connectivity index (χ1v) is 5.64.